The highest BCUT2D eigenvalue weighted by atomic mass is 14.1. The first-order valence-corrected chi connectivity index (χ1v) is 8.60. The Morgan fingerprint density at radius 1 is 0.611 bits per heavy atom. The molecule has 0 aliphatic heterocycles. The van der Waals surface area contributed by atoms with Crippen molar-refractivity contribution >= 4 is 0 Å². The number of unbranched alkanes of at least 4 members (excludes halogenated alkanes) is 3. The molecule has 0 aliphatic carbocycles. The van der Waals surface area contributed by atoms with Crippen LogP contribution in [0.1, 0.15) is 98.8 Å². The zero-order valence-corrected chi connectivity index (χ0v) is 13.8. The molecule has 0 aromatic heterocycles. The van der Waals surface area contributed by atoms with E-state index in [1.54, 1.807) is 0 Å². The normalized spacial score (nSPS) is 16.5. The Bertz CT molecular complexity index is 161. The van der Waals surface area contributed by atoms with Gasteiger partial charge in [-0.2, -0.15) is 0 Å². The standard InChI is InChI=1S/C18H38/c1-6-8-12-17(4)15-18(5)14-11-9-10-13-16(3)7-2/h16-18H,6-15H2,1-5H3. The SMILES string of the molecule is CCCCC(C)CC(C)CCCCCC(C)CC. The highest BCUT2D eigenvalue weighted by molar-refractivity contribution is 4.61. The van der Waals surface area contributed by atoms with E-state index in [2.05, 4.69) is 34.6 Å². The van der Waals surface area contributed by atoms with Crippen molar-refractivity contribution in [2.24, 2.45) is 17.8 Å². The van der Waals surface area contributed by atoms with Crippen LogP contribution in [0.2, 0.25) is 0 Å². The molecule has 0 bridgehead atoms. The molecule has 0 rings (SSSR count). The zero-order valence-electron chi connectivity index (χ0n) is 13.8. The third kappa shape index (κ3) is 11.1. The molecule has 0 spiro atoms. The predicted octanol–water partition coefficient (Wildman–Crippen LogP) is 6.84. The second-order valence-corrected chi connectivity index (χ2v) is 6.74. The van der Waals surface area contributed by atoms with Crippen molar-refractivity contribution in [3.8, 4) is 0 Å². The van der Waals surface area contributed by atoms with Crippen LogP contribution in [0, 0.1) is 17.8 Å². The van der Waals surface area contributed by atoms with E-state index >= 15 is 0 Å². The fourth-order valence-electron chi connectivity index (χ4n) is 2.84. The molecule has 0 radical (unpaired) electrons. The van der Waals surface area contributed by atoms with Crippen LogP contribution in [-0.4, -0.2) is 0 Å². The van der Waals surface area contributed by atoms with Crippen LogP contribution in [0.25, 0.3) is 0 Å². The summed E-state index contributed by atoms with van der Waals surface area (Å²) in [6, 6.07) is 0. The van der Waals surface area contributed by atoms with Gasteiger partial charge in [0, 0.05) is 0 Å². The molecule has 0 heteroatoms. The molecule has 0 nitrogen and oxygen atoms in total. The fourth-order valence-corrected chi connectivity index (χ4v) is 2.84. The third-order valence-electron chi connectivity index (χ3n) is 4.45. The molecule has 0 saturated carbocycles. The van der Waals surface area contributed by atoms with Gasteiger partial charge in [0.25, 0.3) is 0 Å². The molecular formula is C18H38. The van der Waals surface area contributed by atoms with E-state index in [9.17, 15) is 0 Å². The lowest BCUT2D eigenvalue weighted by molar-refractivity contribution is 0.357. The van der Waals surface area contributed by atoms with Gasteiger partial charge >= 0.3 is 0 Å². The monoisotopic (exact) mass is 254 g/mol. The molecule has 110 valence electrons. The Labute approximate surface area is 117 Å². The highest BCUT2D eigenvalue weighted by Gasteiger charge is 2.08. The van der Waals surface area contributed by atoms with Crippen molar-refractivity contribution in [1.82, 2.24) is 0 Å². The van der Waals surface area contributed by atoms with E-state index in [0.717, 1.165) is 17.8 Å². The van der Waals surface area contributed by atoms with Gasteiger partial charge in [-0.05, 0) is 24.2 Å². The number of rotatable bonds is 12. The fraction of sp³-hybridized carbons (Fsp3) is 1.00. The van der Waals surface area contributed by atoms with Gasteiger partial charge in [0.2, 0.25) is 0 Å². The lowest BCUT2D eigenvalue weighted by Gasteiger charge is -2.17. The number of hydrogen-bond donors (Lipinski definition) is 0. The van der Waals surface area contributed by atoms with E-state index in [0.29, 0.717) is 0 Å². The quantitative estimate of drug-likeness (QED) is 0.335. The van der Waals surface area contributed by atoms with Crippen LogP contribution in [-0.2, 0) is 0 Å². The van der Waals surface area contributed by atoms with Crippen LogP contribution in [0.3, 0.4) is 0 Å². The molecule has 0 aromatic carbocycles. The molecule has 0 saturated heterocycles. The Morgan fingerprint density at radius 2 is 1.11 bits per heavy atom. The summed E-state index contributed by atoms with van der Waals surface area (Å²) in [5.41, 5.74) is 0. The van der Waals surface area contributed by atoms with Gasteiger partial charge in [-0.3, -0.25) is 0 Å². The maximum Gasteiger partial charge on any atom is -0.0440 e. The Kier molecular flexibility index (Phi) is 12.1. The first kappa shape index (κ1) is 18.0. The minimum Gasteiger partial charge on any atom is -0.0654 e. The lowest BCUT2D eigenvalue weighted by atomic mass is 9.89. The second-order valence-electron chi connectivity index (χ2n) is 6.74. The minimum absolute atomic E-state index is 0.941. The molecular weight excluding hydrogens is 216 g/mol. The summed E-state index contributed by atoms with van der Waals surface area (Å²) in [6.45, 7) is 11.9. The molecule has 0 aliphatic rings. The van der Waals surface area contributed by atoms with Gasteiger partial charge < -0.3 is 0 Å². The van der Waals surface area contributed by atoms with Crippen molar-refractivity contribution in [3.05, 3.63) is 0 Å². The van der Waals surface area contributed by atoms with E-state index in [1.807, 2.05) is 0 Å². The summed E-state index contributed by atoms with van der Waals surface area (Å²) in [4.78, 5) is 0. The summed E-state index contributed by atoms with van der Waals surface area (Å²) in [7, 11) is 0. The van der Waals surface area contributed by atoms with Crippen LogP contribution in [0.15, 0.2) is 0 Å². The third-order valence-corrected chi connectivity index (χ3v) is 4.45. The predicted molar refractivity (Wildman–Crippen MR) is 85.0 cm³/mol. The average Bonchev–Trinajstić information content (AvgIpc) is 2.35. The Morgan fingerprint density at radius 3 is 1.61 bits per heavy atom. The van der Waals surface area contributed by atoms with E-state index < -0.39 is 0 Å². The van der Waals surface area contributed by atoms with Gasteiger partial charge in [0.15, 0.2) is 0 Å². The van der Waals surface area contributed by atoms with Gasteiger partial charge in [-0.15, -0.1) is 0 Å². The van der Waals surface area contributed by atoms with Gasteiger partial charge in [-0.25, -0.2) is 0 Å². The van der Waals surface area contributed by atoms with Crippen LogP contribution < -0.4 is 0 Å². The molecule has 18 heavy (non-hydrogen) atoms. The maximum absolute atomic E-state index is 2.46. The first-order chi connectivity index (χ1) is 8.60. The van der Waals surface area contributed by atoms with Gasteiger partial charge in [-0.1, -0.05) is 92.4 Å². The van der Waals surface area contributed by atoms with Crippen molar-refractivity contribution < 1.29 is 0 Å². The molecule has 3 unspecified atom stereocenters. The topological polar surface area (TPSA) is 0 Å². The van der Waals surface area contributed by atoms with Crippen molar-refractivity contribution in [1.29, 1.82) is 0 Å². The van der Waals surface area contributed by atoms with E-state index in [-0.39, 0.29) is 0 Å². The molecule has 0 amide bonds. The summed E-state index contributed by atoms with van der Waals surface area (Å²) >= 11 is 0. The first-order valence-electron chi connectivity index (χ1n) is 8.60. The second kappa shape index (κ2) is 12.1. The number of hydrogen-bond acceptors (Lipinski definition) is 0. The van der Waals surface area contributed by atoms with Gasteiger partial charge in [0.05, 0.1) is 0 Å². The zero-order chi connectivity index (χ0) is 13.8. The Hall–Kier alpha value is 0. The lowest BCUT2D eigenvalue weighted by Crippen LogP contribution is -2.03. The van der Waals surface area contributed by atoms with Crippen molar-refractivity contribution in [2.75, 3.05) is 0 Å². The van der Waals surface area contributed by atoms with Gasteiger partial charge in [0.1, 0.15) is 0 Å². The summed E-state index contributed by atoms with van der Waals surface area (Å²) < 4.78 is 0. The summed E-state index contributed by atoms with van der Waals surface area (Å²) in [6.07, 6.45) is 14.3. The molecule has 3 atom stereocenters. The maximum atomic E-state index is 2.46. The van der Waals surface area contributed by atoms with E-state index in [4.69, 9.17) is 0 Å². The van der Waals surface area contributed by atoms with Crippen molar-refractivity contribution in [3.63, 3.8) is 0 Å². The smallest absolute Gasteiger partial charge is 0.0440 e. The summed E-state index contributed by atoms with van der Waals surface area (Å²) in [5.74, 6) is 2.83. The average molecular weight is 255 g/mol. The molecule has 0 fully saturated rings. The largest absolute Gasteiger partial charge is 0.0654 e. The molecule has 0 aromatic rings. The Balaban J connectivity index is 3.38. The van der Waals surface area contributed by atoms with E-state index in [1.165, 1.54) is 64.2 Å². The summed E-state index contributed by atoms with van der Waals surface area (Å²) in [5, 5.41) is 0. The van der Waals surface area contributed by atoms with Crippen molar-refractivity contribution in [2.45, 2.75) is 98.8 Å². The molecule has 0 heterocycles. The highest BCUT2D eigenvalue weighted by Crippen LogP contribution is 2.22. The van der Waals surface area contributed by atoms with Crippen LogP contribution >= 0.6 is 0 Å². The molecule has 0 N–H and O–H groups in total. The van der Waals surface area contributed by atoms with Crippen LogP contribution in [0.5, 0.6) is 0 Å². The van der Waals surface area contributed by atoms with Crippen LogP contribution in [0.4, 0.5) is 0 Å². The minimum atomic E-state index is 0.941.